The first-order chi connectivity index (χ1) is 19.5. The number of nitrogens with zero attached hydrogens (tertiary/aromatic N) is 1. The van der Waals surface area contributed by atoms with Crippen LogP contribution in [0.1, 0.15) is 24.9 Å². The van der Waals surface area contributed by atoms with Gasteiger partial charge in [0.25, 0.3) is 10.0 Å². The van der Waals surface area contributed by atoms with Crippen LogP contribution in [-0.2, 0) is 10.0 Å². The van der Waals surface area contributed by atoms with Gasteiger partial charge in [0.2, 0.25) is 0 Å². The molecule has 0 saturated heterocycles. The highest BCUT2D eigenvalue weighted by Gasteiger charge is 2.38. The van der Waals surface area contributed by atoms with Gasteiger partial charge in [-0.05, 0) is 65.6 Å². The van der Waals surface area contributed by atoms with E-state index in [9.17, 15) is 8.42 Å². The number of benzene rings is 5. The third-order valence-electron chi connectivity index (χ3n) is 7.85. The molecule has 0 amide bonds. The number of hydrogen-bond donors (Lipinski definition) is 0. The summed E-state index contributed by atoms with van der Waals surface area (Å²) in [6.07, 6.45) is 0.631. The Bertz CT molecular complexity index is 2010. The van der Waals surface area contributed by atoms with Gasteiger partial charge in [0, 0.05) is 21.9 Å². The van der Waals surface area contributed by atoms with Crippen molar-refractivity contribution < 1.29 is 17.6 Å². The molecule has 2 heterocycles. The van der Waals surface area contributed by atoms with E-state index in [1.807, 2.05) is 61.5 Å². The maximum Gasteiger partial charge on any atom is 0.264 e. The predicted octanol–water partition coefficient (Wildman–Crippen LogP) is 8.59. The number of anilines is 1. The maximum atomic E-state index is 14.2. The average molecular weight is 546 g/mol. The molecule has 1 atom stereocenters. The van der Waals surface area contributed by atoms with Crippen LogP contribution in [0.5, 0.6) is 5.75 Å². The van der Waals surface area contributed by atoms with E-state index in [1.165, 1.54) is 0 Å². The predicted molar refractivity (Wildman–Crippen MR) is 160 cm³/mol. The number of furan rings is 1. The van der Waals surface area contributed by atoms with Crippen LogP contribution >= 0.6 is 0 Å². The van der Waals surface area contributed by atoms with Crippen molar-refractivity contribution in [3.63, 3.8) is 0 Å². The first-order valence-electron chi connectivity index (χ1n) is 13.3. The summed E-state index contributed by atoms with van der Waals surface area (Å²) in [6.45, 7) is 2.03. The number of sulfonamides is 1. The Morgan fingerprint density at radius 2 is 1.50 bits per heavy atom. The van der Waals surface area contributed by atoms with Crippen LogP contribution in [0.3, 0.4) is 0 Å². The van der Waals surface area contributed by atoms with Crippen molar-refractivity contribution in [2.75, 3.05) is 11.4 Å². The molecule has 0 aliphatic carbocycles. The Labute approximate surface area is 233 Å². The third-order valence-corrected chi connectivity index (χ3v) is 9.68. The van der Waals surface area contributed by atoms with E-state index in [4.69, 9.17) is 9.15 Å². The molecular formula is C34H27NO4S. The lowest BCUT2D eigenvalue weighted by molar-refractivity contribution is 0.414. The van der Waals surface area contributed by atoms with E-state index in [-0.39, 0.29) is 10.9 Å². The fraction of sp³-hybridized carbons (Fsp3) is 0.118. The highest BCUT2D eigenvalue weighted by molar-refractivity contribution is 7.92. The maximum absolute atomic E-state index is 14.2. The average Bonchev–Trinajstić information content (AvgIpc) is 3.39. The van der Waals surface area contributed by atoms with Gasteiger partial charge in [-0.15, -0.1) is 0 Å². The molecule has 0 N–H and O–H groups in total. The lowest BCUT2D eigenvalue weighted by atomic mass is 9.87. The monoisotopic (exact) mass is 545 g/mol. The zero-order chi connectivity index (χ0) is 27.4. The second kappa shape index (κ2) is 9.28. The summed E-state index contributed by atoms with van der Waals surface area (Å²) in [5.74, 6) is 0.611. The minimum Gasteiger partial charge on any atom is -0.497 e. The Morgan fingerprint density at radius 1 is 0.775 bits per heavy atom. The summed E-state index contributed by atoms with van der Waals surface area (Å²) >= 11 is 0. The van der Waals surface area contributed by atoms with Gasteiger partial charge in [-0.3, -0.25) is 4.31 Å². The quantitative estimate of drug-likeness (QED) is 0.218. The Morgan fingerprint density at radius 3 is 2.30 bits per heavy atom. The summed E-state index contributed by atoms with van der Waals surface area (Å²) in [6, 6.07) is 34.6. The Kier molecular flexibility index (Phi) is 5.68. The van der Waals surface area contributed by atoms with E-state index in [0.717, 1.165) is 49.8 Å². The van der Waals surface area contributed by atoms with Crippen molar-refractivity contribution in [3.8, 4) is 28.0 Å². The Hall–Kier alpha value is -4.55. The fourth-order valence-electron chi connectivity index (χ4n) is 5.96. The second-order valence-corrected chi connectivity index (χ2v) is 11.8. The van der Waals surface area contributed by atoms with E-state index < -0.39 is 10.0 Å². The molecule has 0 saturated carbocycles. The lowest BCUT2D eigenvalue weighted by Crippen LogP contribution is -2.37. The van der Waals surface area contributed by atoms with Crippen molar-refractivity contribution in [2.45, 2.75) is 24.3 Å². The second-order valence-electron chi connectivity index (χ2n) is 10.0. The van der Waals surface area contributed by atoms with Gasteiger partial charge >= 0.3 is 0 Å². The molecule has 7 rings (SSSR count). The third kappa shape index (κ3) is 3.63. The van der Waals surface area contributed by atoms with Crippen molar-refractivity contribution >= 4 is 37.6 Å². The first kappa shape index (κ1) is 24.5. The van der Waals surface area contributed by atoms with Crippen LogP contribution < -0.4 is 9.04 Å². The molecule has 0 radical (unpaired) electrons. The van der Waals surface area contributed by atoms with Gasteiger partial charge in [0.1, 0.15) is 16.9 Å². The van der Waals surface area contributed by atoms with E-state index in [0.29, 0.717) is 17.9 Å². The summed E-state index contributed by atoms with van der Waals surface area (Å²) in [4.78, 5) is 0.230. The number of ether oxygens (including phenoxy) is 1. The molecule has 5 aromatic carbocycles. The number of rotatable bonds is 5. The highest BCUT2D eigenvalue weighted by Crippen LogP contribution is 2.50. The Balaban J connectivity index is 1.45. The van der Waals surface area contributed by atoms with Crippen molar-refractivity contribution in [1.82, 2.24) is 0 Å². The van der Waals surface area contributed by atoms with Gasteiger partial charge in [0.15, 0.2) is 0 Å². The van der Waals surface area contributed by atoms with Crippen LogP contribution in [0, 0.1) is 0 Å². The zero-order valence-corrected chi connectivity index (χ0v) is 23.0. The molecule has 6 heteroatoms. The van der Waals surface area contributed by atoms with Gasteiger partial charge in [0.05, 0.1) is 23.7 Å². The number of para-hydroxylation sites is 2. The van der Waals surface area contributed by atoms with Crippen molar-refractivity contribution in [1.29, 1.82) is 0 Å². The van der Waals surface area contributed by atoms with E-state index >= 15 is 0 Å². The summed E-state index contributed by atoms with van der Waals surface area (Å²) in [7, 11) is -2.31. The van der Waals surface area contributed by atoms with Crippen LogP contribution in [0.25, 0.3) is 44.2 Å². The van der Waals surface area contributed by atoms with Crippen LogP contribution in [-0.4, -0.2) is 15.5 Å². The lowest BCUT2D eigenvalue weighted by Gasteiger charge is -2.39. The van der Waals surface area contributed by atoms with E-state index in [1.54, 1.807) is 35.7 Å². The minimum absolute atomic E-state index is 0.230. The van der Waals surface area contributed by atoms with Gasteiger partial charge < -0.3 is 9.15 Å². The SMILES string of the molecule is CCC1c2ccccc2-c2cc(-c3cccc4c3oc3ccccc34)ccc2N1S(=O)(=O)c1ccc(OC)cc1. The van der Waals surface area contributed by atoms with Gasteiger partial charge in [-0.1, -0.05) is 73.7 Å². The summed E-state index contributed by atoms with van der Waals surface area (Å²) < 4.78 is 41.6. The van der Waals surface area contributed by atoms with E-state index in [2.05, 4.69) is 30.3 Å². The first-order valence-corrected chi connectivity index (χ1v) is 14.8. The molecule has 0 fully saturated rings. The molecule has 5 nitrogen and oxygen atoms in total. The van der Waals surface area contributed by atoms with Gasteiger partial charge in [-0.2, -0.15) is 0 Å². The molecule has 0 bridgehead atoms. The van der Waals surface area contributed by atoms with Crippen LogP contribution in [0.15, 0.2) is 119 Å². The van der Waals surface area contributed by atoms with Crippen LogP contribution in [0.2, 0.25) is 0 Å². The molecule has 1 aromatic heterocycles. The molecule has 40 heavy (non-hydrogen) atoms. The minimum atomic E-state index is -3.87. The van der Waals surface area contributed by atoms with Crippen molar-refractivity contribution in [2.24, 2.45) is 0 Å². The zero-order valence-electron chi connectivity index (χ0n) is 22.2. The largest absolute Gasteiger partial charge is 0.497 e. The van der Waals surface area contributed by atoms with Crippen LogP contribution in [0.4, 0.5) is 5.69 Å². The number of fused-ring (bicyclic) bond motifs is 6. The van der Waals surface area contributed by atoms with Crippen molar-refractivity contribution in [3.05, 3.63) is 115 Å². The molecular weight excluding hydrogens is 518 g/mol. The molecule has 0 spiro atoms. The molecule has 1 unspecified atom stereocenters. The number of hydrogen-bond acceptors (Lipinski definition) is 4. The summed E-state index contributed by atoms with van der Waals surface area (Å²) in [5, 5.41) is 2.13. The molecule has 1 aliphatic rings. The molecule has 6 aromatic rings. The number of methoxy groups -OCH3 is 1. The highest BCUT2D eigenvalue weighted by atomic mass is 32.2. The smallest absolute Gasteiger partial charge is 0.264 e. The topological polar surface area (TPSA) is 59.8 Å². The molecule has 198 valence electrons. The molecule has 1 aliphatic heterocycles. The normalized spacial score (nSPS) is 14.8. The van der Waals surface area contributed by atoms with Gasteiger partial charge in [-0.25, -0.2) is 8.42 Å². The summed E-state index contributed by atoms with van der Waals surface area (Å²) in [5.41, 5.74) is 7.19. The standard InChI is InChI=1S/C34H27NO4S/c1-3-31-27-10-5-4-9-26(27)30-21-22(25-12-8-13-29-28-11-6-7-14-33(28)39-34(25)29)15-20-32(30)35(31)40(36,37)24-18-16-23(38-2)17-19-24/h4-21,31H,3H2,1-2H3. The fourth-order valence-corrected chi connectivity index (χ4v) is 7.68.